The Morgan fingerprint density at radius 2 is 2.10 bits per heavy atom. The molecule has 0 aliphatic carbocycles. The minimum Gasteiger partial charge on any atom is -0.452 e. The molecule has 1 aromatic carbocycles. The van der Waals surface area contributed by atoms with Crippen LogP contribution < -0.4 is 11.1 Å². The summed E-state index contributed by atoms with van der Waals surface area (Å²) in [5, 5.41) is 2.65. The first-order valence-electron chi connectivity index (χ1n) is 6.37. The topological polar surface area (TPSA) is 81.4 Å². The molecule has 1 unspecified atom stereocenters. The zero-order valence-corrected chi connectivity index (χ0v) is 11.8. The number of carbonyl (C=O) groups is 2. The zero-order chi connectivity index (χ0) is 15.3. The molecule has 5 nitrogen and oxygen atoms in total. The molecule has 1 aromatic rings. The first-order chi connectivity index (χ1) is 9.35. The van der Waals surface area contributed by atoms with E-state index in [-0.39, 0.29) is 22.9 Å². The van der Waals surface area contributed by atoms with E-state index < -0.39 is 24.3 Å². The lowest BCUT2D eigenvalue weighted by Crippen LogP contribution is -2.35. The summed E-state index contributed by atoms with van der Waals surface area (Å²) in [6.45, 7) is 4.88. The summed E-state index contributed by atoms with van der Waals surface area (Å²) in [7, 11) is 0. The van der Waals surface area contributed by atoms with Gasteiger partial charge in [0.2, 0.25) is 0 Å². The van der Waals surface area contributed by atoms with Crippen molar-refractivity contribution in [1.29, 1.82) is 0 Å². The third-order valence-corrected chi connectivity index (χ3v) is 2.97. The Kier molecular flexibility index (Phi) is 5.49. The Bertz CT molecular complexity index is 494. The van der Waals surface area contributed by atoms with Gasteiger partial charge in [0.15, 0.2) is 6.61 Å². The molecule has 1 rings (SSSR count). The molecule has 0 spiro atoms. The van der Waals surface area contributed by atoms with E-state index in [0.29, 0.717) is 0 Å². The molecule has 0 aromatic heterocycles. The van der Waals surface area contributed by atoms with Gasteiger partial charge in [0.05, 0.1) is 5.56 Å². The Labute approximate surface area is 117 Å². The number of hydrogen-bond donors (Lipinski definition) is 2. The minimum atomic E-state index is -0.782. The predicted octanol–water partition coefficient (Wildman–Crippen LogP) is 1.79. The predicted molar refractivity (Wildman–Crippen MR) is 73.7 cm³/mol. The molecule has 0 bridgehead atoms. The molecular weight excluding hydrogens is 263 g/mol. The second-order valence-corrected chi connectivity index (χ2v) is 4.63. The highest BCUT2D eigenvalue weighted by molar-refractivity contribution is 5.92. The molecule has 110 valence electrons. The molecule has 0 heterocycles. The third-order valence-electron chi connectivity index (χ3n) is 2.97. The third kappa shape index (κ3) is 4.22. The average Bonchev–Trinajstić information content (AvgIpc) is 2.41. The van der Waals surface area contributed by atoms with Gasteiger partial charge in [-0.2, -0.15) is 0 Å². The van der Waals surface area contributed by atoms with Crippen LogP contribution in [0.25, 0.3) is 0 Å². The summed E-state index contributed by atoms with van der Waals surface area (Å²) in [6, 6.07) is 2.38. The van der Waals surface area contributed by atoms with E-state index in [1.54, 1.807) is 0 Å². The summed E-state index contributed by atoms with van der Waals surface area (Å²) in [5.41, 5.74) is 6.00. The largest absolute Gasteiger partial charge is 0.452 e. The van der Waals surface area contributed by atoms with Crippen LogP contribution in [0.5, 0.6) is 0 Å². The number of hydrogen-bond acceptors (Lipinski definition) is 4. The Balaban J connectivity index is 2.62. The molecule has 20 heavy (non-hydrogen) atoms. The minimum absolute atomic E-state index is 0.00802. The van der Waals surface area contributed by atoms with E-state index in [4.69, 9.17) is 10.5 Å². The van der Waals surface area contributed by atoms with E-state index in [1.165, 1.54) is 13.0 Å². The molecular formula is C14H19FN2O3. The van der Waals surface area contributed by atoms with Crippen molar-refractivity contribution in [3.63, 3.8) is 0 Å². The lowest BCUT2D eigenvalue weighted by atomic mass is 10.1. The van der Waals surface area contributed by atoms with Crippen molar-refractivity contribution in [2.24, 2.45) is 0 Å². The average molecular weight is 282 g/mol. The van der Waals surface area contributed by atoms with Gasteiger partial charge in [-0.1, -0.05) is 6.92 Å². The zero-order valence-electron chi connectivity index (χ0n) is 11.8. The Hall–Kier alpha value is -2.11. The van der Waals surface area contributed by atoms with Gasteiger partial charge in [0.25, 0.3) is 5.91 Å². The molecule has 0 radical (unpaired) electrons. The molecule has 6 heteroatoms. The van der Waals surface area contributed by atoms with Gasteiger partial charge < -0.3 is 15.8 Å². The maximum absolute atomic E-state index is 13.4. The molecule has 0 fully saturated rings. The van der Waals surface area contributed by atoms with Crippen molar-refractivity contribution in [3.05, 3.63) is 29.1 Å². The van der Waals surface area contributed by atoms with Crippen LogP contribution in [0.1, 0.15) is 36.2 Å². The lowest BCUT2D eigenvalue weighted by Gasteiger charge is -2.11. The SMILES string of the molecule is CCC(C)NC(=O)COC(=O)c1cc(N)c(C)c(F)c1. The number of amides is 1. The number of carbonyl (C=O) groups excluding carboxylic acids is 2. The van der Waals surface area contributed by atoms with Gasteiger partial charge >= 0.3 is 5.97 Å². The normalized spacial score (nSPS) is 11.8. The molecule has 0 saturated carbocycles. The quantitative estimate of drug-likeness (QED) is 0.637. The monoisotopic (exact) mass is 282 g/mol. The van der Waals surface area contributed by atoms with Crippen LogP contribution >= 0.6 is 0 Å². The van der Waals surface area contributed by atoms with Crippen molar-refractivity contribution >= 4 is 17.6 Å². The Morgan fingerprint density at radius 3 is 2.65 bits per heavy atom. The van der Waals surface area contributed by atoms with Crippen LogP contribution in [-0.4, -0.2) is 24.5 Å². The van der Waals surface area contributed by atoms with Crippen LogP contribution in [0, 0.1) is 12.7 Å². The smallest absolute Gasteiger partial charge is 0.338 e. The van der Waals surface area contributed by atoms with Crippen molar-refractivity contribution in [2.45, 2.75) is 33.2 Å². The molecule has 3 N–H and O–H groups in total. The number of halogens is 1. The number of ether oxygens (including phenoxy) is 1. The van der Waals surface area contributed by atoms with Gasteiger partial charge in [0, 0.05) is 17.3 Å². The summed E-state index contributed by atoms with van der Waals surface area (Å²) in [4.78, 5) is 23.1. The molecule has 1 amide bonds. The summed E-state index contributed by atoms with van der Waals surface area (Å²) >= 11 is 0. The highest BCUT2D eigenvalue weighted by Crippen LogP contribution is 2.18. The Morgan fingerprint density at radius 1 is 1.45 bits per heavy atom. The highest BCUT2D eigenvalue weighted by Gasteiger charge is 2.14. The molecule has 0 saturated heterocycles. The number of nitrogens with one attached hydrogen (secondary N) is 1. The fraction of sp³-hybridized carbons (Fsp3) is 0.429. The van der Waals surface area contributed by atoms with Gasteiger partial charge in [-0.25, -0.2) is 9.18 Å². The summed E-state index contributed by atoms with van der Waals surface area (Å²) < 4.78 is 18.3. The van der Waals surface area contributed by atoms with E-state index in [2.05, 4.69) is 5.32 Å². The fourth-order valence-electron chi connectivity index (χ4n) is 1.45. The number of anilines is 1. The van der Waals surface area contributed by atoms with Gasteiger partial charge in [0.1, 0.15) is 5.82 Å². The van der Waals surface area contributed by atoms with E-state index in [0.717, 1.165) is 12.5 Å². The van der Waals surface area contributed by atoms with Crippen molar-refractivity contribution in [2.75, 3.05) is 12.3 Å². The van der Waals surface area contributed by atoms with Gasteiger partial charge in [-0.3, -0.25) is 4.79 Å². The number of nitrogen functional groups attached to an aromatic ring is 1. The van der Waals surface area contributed by atoms with Crippen LogP contribution in [0.15, 0.2) is 12.1 Å². The van der Waals surface area contributed by atoms with Crippen LogP contribution in [0.2, 0.25) is 0 Å². The summed E-state index contributed by atoms with van der Waals surface area (Å²) in [6.07, 6.45) is 0.777. The molecule has 1 atom stereocenters. The number of esters is 1. The van der Waals surface area contributed by atoms with Crippen molar-refractivity contribution in [3.8, 4) is 0 Å². The lowest BCUT2D eigenvalue weighted by molar-refractivity contribution is -0.124. The molecule has 0 aliphatic heterocycles. The van der Waals surface area contributed by atoms with Gasteiger partial charge in [-0.05, 0) is 32.4 Å². The highest BCUT2D eigenvalue weighted by atomic mass is 19.1. The van der Waals surface area contributed by atoms with E-state index in [1.807, 2.05) is 13.8 Å². The van der Waals surface area contributed by atoms with E-state index >= 15 is 0 Å². The number of nitrogens with two attached hydrogens (primary N) is 1. The first kappa shape index (κ1) is 15.9. The first-order valence-corrected chi connectivity index (χ1v) is 6.37. The number of benzene rings is 1. The van der Waals surface area contributed by atoms with Gasteiger partial charge in [-0.15, -0.1) is 0 Å². The maximum atomic E-state index is 13.4. The number of rotatable bonds is 5. The van der Waals surface area contributed by atoms with Crippen LogP contribution in [-0.2, 0) is 9.53 Å². The molecule has 0 aliphatic rings. The van der Waals surface area contributed by atoms with Crippen molar-refractivity contribution < 1.29 is 18.7 Å². The second-order valence-electron chi connectivity index (χ2n) is 4.63. The van der Waals surface area contributed by atoms with Crippen LogP contribution in [0.3, 0.4) is 0 Å². The maximum Gasteiger partial charge on any atom is 0.338 e. The fourth-order valence-corrected chi connectivity index (χ4v) is 1.45. The second kappa shape index (κ2) is 6.88. The summed E-state index contributed by atoms with van der Waals surface area (Å²) in [5.74, 6) is -1.76. The standard InChI is InChI=1S/C14H19FN2O3/c1-4-8(2)17-13(18)7-20-14(19)10-5-11(15)9(3)12(16)6-10/h5-6,8H,4,7,16H2,1-3H3,(H,17,18). The van der Waals surface area contributed by atoms with Crippen molar-refractivity contribution in [1.82, 2.24) is 5.32 Å². The van der Waals surface area contributed by atoms with E-state index in [9.17, 15) is 14.0 Å². The van der Waals surface area contributed by atoms with Crippen LogP contribution in [0.4, 0.5) is 10.1 Å².